The van der Waals surface area contributed by atoms with E-state index in [0.29, 0.717) is 6.61 Å². The smallest absolute Gasteiger partial charge is 0.394 e. The highest BCUT2D eigenvalue weighted by Gasteiger charge is 2.48. The second-order valence-electron chi connectivity index (χ2n) is 7.65. The largest absolute Gasteiger partial charge is 0.416 e. The van der Waals surface area contributed by atoms with Crippen molar-refractivity contribution in [1.82, 2.24) is 10.2 Å². The summed E-state index contributed by atoms with van der Waals surface area (Å²) in [5.41, 5.74) is -0.736. The average molecular weight is 469 g/mol. The van der Waals surface area contributed by atoms with Gasteiger partial charge < -0.3 is 25.0 Å². The van der Waals surface area contributed by atoms with Gasteiger partial charge in [-0.05, 0) is 43.7 Å². The number of aliphatic hydroxyl groups excluding tert-OH is 2. The third-order valence-electron chi connectivity index (χ3n) is 5.74. The van der Waals surface area contributed by atoms with Gasteiger partial charge in [-0.2, -0.15) is 13.2 Å². The van der Waals surface area contributed by atoms with Gasteiger partial charge in [-0.25, -0.2) is 0 Å². The molecule has 0 aromatic heterocycles. The van der Waals surface area contributed by atoms with E-state index in [1.54, 1.807) is 7.11 Å². The van der Waals surface area contributed by atoms with Gasteiger partial charge in [0.05, 0.1) is 30.9 Å². The fourth-order valence-corrected chi connectivity index (χ4v) is 4.28. The summed E-state index contributed by atoms with van der Waals surface area (Å²) in [4.78, 5) is 14.5. The lowest BCUT2D eigenvalue weighted by Crippen LogP contribution is -2.53. The monoisotopic (exact) mass is 468 g/mol. The molecule has 1 amide bonds. The van der Waals surface area contributed by atoms with Crippen molar-refractivity contribution in [3.8, 4) is 0 Å². The minimum absolute atomic E-state index is 0. The zero-order valence-corrected chi connectivity index (χ0v) is 17.9. The molecular weight excluding hydrogens is 441 g/mol. The maximum absolute atomic E-state index is 12.7. The second kappa shape index (κ2) is 10.9. The number of aliphatic hydroxyl groups is 2. The van der Waals surface area contributed by atoms with Crippen molar-refractivity contribution < 1.29 is 37.7 Å². The molecule has 3 N–H and O–H groups in total. The van der Waals surface area contributed by atoms with Crippen molar-refractivity contribution in [2.45, 2.75) is 49.4 Å². The van der Waals surface area contributed by atoms with Crippen LogP contribution in [0.5, 0.6) is 0 Å². The van der Waals surface area contributed by atoms with Crippen molar-refractivity contribution in [2.75, 3.05) is 33.4 Å². The number of hydrogen-bond donors (Lipinski definition) is 3. The first kappa shape index (κ1) is 25.8. The first-order valence-corrected chi connectivity index (χ1v) is 9.90. The molecule has 2 saturated heterocycles. The van der Waals surface area contributed by atoms with E-state index in [9.17, 15) is 28.2 Å². The molecule has 7 nitrogen and oxygen atoms in total. The molecule has 2 aliphatic heterocycles. The van der Waals surface area contributed by atoms with E-state index in [0.717, 1.165) is 43.7 Å². The van der Waals surface area contributed by atoms with E-state index in [-0.39, 0.29) is 37.2 Å². The number of rotatable bonds is 7. The van der Waals surface area contributed by atoms with E-state index in [1.165, 1.54) is 0 Å². The maximum Gasteiger partial charge on any atom is 0.416 e. The average Bonchev–Trinajstić information content (AvgIpc) is 3.29. The number of hydrogen-bond acceptors (Lipinski definition) is 6. The van der Waals surface area contributed by atoms with Crippen molar-refractivity contribution >= 4 is 18.3 Å². The van der Waals surface area contributed by atoms with E-state index in [1.807, 2.05) is 0 Å². The summed E-state index contributed by atoms with van der Waals surface area (Å²) in [6, 6.07) is 3.61. The lowest BCUT2D eigenvalue weighted by molar-refractivity contribution is -0.137. The second-order valence-corrected chi connectivity index (χ2v) is 7.65. The van der Waals surface area contributed by atoms with Crippen molar-refractivity contribution in [3.05, 3.63) is 35.4 Å². The summed E-state index contributed by atoms with van der Waals surface area (Å²) in [6.45, 7) is 0.927. The third-order valence-corrected chi connectivity index (χ3v) is 5.74. The fourth-order valence-electron chi connectivity index (χ4n) is 4.28. The fraction of sp³-hybridized carbons (Fsp3) is 0.650. The van der Waals surface area contributed by atoms with Crippen LogP contribution in [0.2, 0.25) is 0 Å². The van der Waals surface area contributed by atoms with Crippen LogP contribution in [0.1, 0.15) is 28.8 Å². The zero-order chi connectivity index (χ0) is 21.9. The minimum Gasteiger partial charge on any atom is -0.394 e. The Kier molecular flexibility index (Phi) is 9.11. The van der Waals surface area contributed by atoms with Crippen LogP contribution in [0.25, 0.3) is 0 Å². The number of nitrogens with one attached hydrogen (secondary N) is 1. The predicted molar refractivity (Wildman–Crippen MR) is 108 cm³/mol. The van der Waals surface area contributed by atoms with Gasteiger partial charge in [-0.3, -0.25) is 9.69 Å². The first-order valence-electron chi connectivity index (χ1n) is 9.90. The van der Waals surface area contributed by atoms with Crippen LogP contribution in [0.3, 0.4) is 0 Å². The summed E-state index contributed by atoms with van der Waals surface area (Å²) >= 11 is 0. The maximum atomic E-state index is 12.7. The van der Waals surface area contributed by atoms with E-state index < -0.39 is 42.0 Å². The normalized spacial score (nSPS) is 29.0. The highest BCUT2D eigenvalue weighted by Crippen LogP contribution is 2.32. The summed E-state index contributed by atoms with van der Waals surface area (Å²) in [5, 5.41) is 22.9. The van der Waals surface area contributed by atoms with Gasteiger partial charge in [0.1, 0.15) is 12.2 Å². The van der Waals surface area contributed by atoms with Crippen LogP contribution in [0, 0.1) is 0 Å². The topological polar surface area (TPSA) is 91.3 Å². The van der Waals surface area contributed by atoms with Crippen LogP contribution in [0.15, 0.2) is 24.3 Å². The Labute approximate surface area is 184 Å². The van der Waals surface area contributed by atoms with Gasteiger partial charge in [-0.1, -0.05) is 0 Å². The Bertz CT molecular complexity index is 722. The lowest BCUT2D eigenvalue weighted by Gasteiger charge is -2.34. The number of alkyl halides is 3. The number of ether oxygens (including phenoxy) is 2. The molecule has 3 rings (SSSR count). The van der Waals surface area contributed by atoms with Crippen LogP contribution >= 0.6 is 12.4 Å². The molecule has 0 saturated carbocycles. The van der Waals surface area contributed by atoms with E-state index in [4.69, 9.17) is 9.47 Å². The number of amides is 1. The van der Waals surface area contributed by atoms with Crippen LogP contribution in [0.4, 0.5) is 13.2 Å². The lowest BCUT2D eigenvalue weighted by atomic mass is 10.0. The standard InChI is InChI=1S/C20H27F3N2O5.ClH/c1-29-11-14-3-2-8-25(14)17-15(30-16(10-26)18(17)27)9-24-19(28)12-4-6-13(7-5-12)20(21,22)23;/h4-7,14-18,26-27H,2-3,8-11H2,1H3,(H,24,28);1H/t14-,15-,16+,17+,18-;/m1./s1. The molecule has 176 valence electrons. The zero-order valence-electron chi connectivity index (χ0n) is 17.0. The quantitative estimate of drug-likeness (QED) is 0.561. The molecule has 0 unspecified atom stereocenters. The number of likely N-dealkylation sites (tertiary alicyclic amines) is 1. The van der Waals surface area contributed by atoms with Crippen molar-refractivity contribution in [2.24, 2.45) is 0 Å². The Morgan fingerprint density at radius 2 is 1.97 bits per heavy atom. The molecule has 0 bridgehead atoms. The summed E-state index contributed by atoms with van der Waals surface area (Å²) in [6.07, 6.45) is -4.90. The summed E-state index contributed by atoms with van der Waals surface area (Å²) < 4.78 is 49.1. The molecule has 31 heavy (non-hydrogen) atoms. The van der Waals surface area contributed by atoms with Crippen molar-refractivity contribution in [3.63, 3.8) is 0 Å². The number of carbonyl (C=O) groups is 1. The Morgan fingerprint density at radius 3 is 2.55 bits per heavy atom. The highest BCUT2D eigenvalue weighted by molar-refractivity contribution is 5.94. The van der Waals surface area contributed by atoms with Crippen LogP contribution < -0.4 is 5.32 Å². The van der Waals surface area contributed by atoms with Gasteiger partial charge in [-0.15, -0.1) is 12.4 Å². The van der Waals surface area contributed by atoms with Crippen LogP contribution in [-0.4, -0.2) is 84.8 Å². The number of halogens is 4. The number of benzene rings is 1. The molecule has 0 spiro atoms. The molecule has 1 aromatic rings. The van der Waals surface area contributed by atoms with Gasteiger partial charge in [0.25, 0.3) is 5.91 Å². The molecular formula is C20H28ClF3N2O5. The highest BCUT2D eigenvalue weighted by atomic mass is 35.5. The molecule has 0 aliphatic carbocycles. The SMILES string of the molecule is COC[C@H]1CCCN1[C@@H]1[C@H](O)[C@H](CO)O[C@@H]1CNC(=O)c1ccc(C(F)(F)F)cc1.Cl. The van der Waals surface area contributed by atoms with E-state index >= 15 is 0 Å². The Morgan fingerprint density at radius 1 is 1.29 bits per heavy atom. The number of methoxy groups -OCH3 is 1. The molecule has 2 fully saturated rings. The molecule has 1 aromatic carbocycles. The Hall–Kier alpha value is -1.43. The molecule has 0 radical (unpaired) electrons. The Balaban J connectivity index is 0.00000341. The third kappa shape index (κ3) is 5.88. The predicted octanol–water partition coefficient (Wildman–Crippen LogP) is 1.46. The summed E-state index contributed by atoms with van der Waals surface area (Å²) in [5.74, 6) is -0.539. The number of carbonyl (C=O) groups excluding carboxylic acids is 1. The van der Waals surface area contributed by atoms with Crippen molar-refractivity contribution in [1.29, 1.82) is 0 Å². The molecule has 5 atom stereocenters. The minimum atomic E-state index is -4.47. The first-order chi connectivity index (χ1) is 14.3. The van der Waals surface area contributed by atoms with Gasteiger partial charge in [0.2, 0.25) is 0 Å². The van der Waals surface area contributed by atoms with Crippen LogP contribution in [-0.2, 0) is 15.7 Å². The van der Waals surface area contributed by atoms with Gasteiger partial charge >= 0.3 is 6.18 Å². The summed E-state index contributed by atoms with van der Waals surface area (Å²) in [7, 11) is 1.61. The number of nitrogens with zero attached hydrogens (tertiary/aromatic N) is 1. The van der Waals surface area contributed by atoms with Gasteiger partial charge in [0.15, 0.2) is 0 Å². The van der Waals surface area contributed by atoms with Gasteiger partial charge in [0, 0.05) is 25.3 Å². The van der Waals surface area contributed by atoms with E-state index in [2.05, 4.69) is 10.2 Å². The molecule has 11 heteroatoms. The molecule has 2 aliphatic rings. The molecule has 2 heterocycles.